The molecular formula is C22H27N5S. The highest BCUT2D eigenvalue weighted by Gasteiger charge is 2.03. The van der Waals surface area contributed by atoms with E-state index in [0.717, 1.165) is 48.7 Å². The summed E-state index contributed by atoms with van der Waals surface area (Å²) in [6.07, 6.45) is 5.75. The van der Waals surface area contributed by atoms with Crippen LogP contribution in [-0.2, 0) is 19.4 Å². The minimum Gasteiger partial charge on any atom is -0.357 e. The van der Waals surface area contributed by atoms with E-state index in [1.54, 1.807) is 11.3 Å². The van der Waals surface area contributed by atoms with Crippen molar-refractivity contribution in [1.29, 1.82) is 0 Å². The Morgan fingerprint density at radius 1 is 1.07 bits per heavy atom. The van der Waals surface area contributed by atoms with Crippen LogP contribution < -0.4 is 10.6 Å². The van der Waals surface area contributed by atoms with E-state index in [1.807, 2.05) is 30.6 Å². The number of aryl methyl sites for hydroxylation is 1. The van der Waals surface area contributed by atoms with Crippen LogP contribution in [-0.4, -0.2) is 29.0 Å². The van der Waals surface area contributed by atoms with E-state index >= 15 is 0 Å². The molecule has 0 aliphatic rings. The molecular weight excluding hydrogens is 366 g/mol. The molecule has 146 valence electrons. The maximum absolute atomic E-state index is 4.73. The first kappa shape index (κ1) is 20.0. The number of nitrogens with one attached hydrogen (secondary N) is 2. The number of aliphatic imine (C=N–C) groups is 1. The maximum Gasteiger partial charge on any atom is 0.191 e. The van der Waals surface area contributed by atoms with Gasteiger partial charge in [0.25, 0.3) is 0 Å². The molecule has 2 heterocycles. The van der Waals surface area contributed by atoms with Gasteiger partial charge in [0, 0.05) is 42.3 Å². The standard InChI is InChI=1S/C22H27N5S/c1-3-19-16-26-21(28-19)11-13-25-22(23-4-2)27-15-17-8-7-9-18(14-17)20-10-5-6-12-24-20/h5-10,12,14,16H,3-4,11,13,15H2,1-2H3,(H2,23,25,27). The Balaban J connectivity index is 1.59. The molecule has 0 unspecified atom stereocenters. The largest absolute Gasteiger partial charge is 0.357 e. The van der Waals surface area contributed by atoms with Gasteiger partial charge in [-0.1, -0.05) is 31.2 Å². The van der Waals surface area contributed by atoms with Gasteiger partial charge in [0.15, 0.2) is 5.96 Å². The third-order valence-corrected chi connectivity index (χ3v) is 5.43. The predicted molar refractivity (Wildman–Crippen MR) is 118 cm³/mol. The second-order valence-corrected chi connectivity index (χ2v) is 7.56. The molecule has 0 fully saturated rings. The second kappa shape index (κ2) is 10.6. The summed E-state index contributed by atoms with van der Waals surface area (Å²) in [7, 11) is 0. The lowest BCUT2D eigenvalue weighted by Crippen LogP contribution is -2.38. The van der Waals surface area contributed by atoms with Gasteiger partial charge in [-0.05, 0) is 37.1 Å². The lowest BCUT2D eigenvalue weighted by molar-refractivity contribution is 0.796. The molecule has 0 saturated carbocycles. The van der Waals surface area contributed by atoms with Crippen molar-refractivity contribution in [3.8, 4) is 11.3 Å². The summed E-state index contributed by atoms with van der Waals surface area (Å²) in [6, 6.07) is 14.3. The average molecular weight is 394 g/mol. The smallest absolute Gasteiger partial charge is 0.191 e. The fourth-order valence-electron chi connectivity index (χ4n) is 2.79. The molecule has 0 aliphatic heterocycles. The Morgan fingerprint density at radius 3 is 2.75 bits per heavy atom. The SMILES string of the molecule is CCNC(=NCc1cccc(-c2ccccn2)c1)NCCc1ncc(CC)s1. The van der Waals surface area contributed by atoms with E-state index in [2.05, 4.69) is 58.7 Å². The first-order valence-electron chi connectivity index (χ1n) is 9.74. The summed E-state index contributed by atoms with van der Waals surface area (Å²) < 4.78 is 0. The molecule has 3 rings (SSSR count). The number of hydrogen-bond donors (Lipinski definition) is 2. The third-order valence-electron chi connectivity index (χ3n) is 4.23. The Bertz CT molecular complexity index is 889. The molecule has 28 heavy (non-hydrogen) atoms. The van der Waals surface area contributed by atoms with Crippen molar-refractivity contribution in [2.75, 3.05) is 13.1 Å². The zero-order chi connectivity index (χ0) is 19.6. The van der Waals surface area contributed by atoms with E-state index in [0.29, 0.717) is 6.54 Å². The van der Waals surface area contributed by atoms with Crippen molar-refractivity contribution in [3.05, 3.63) is 70.3 Å². The maximum atomic E-state index is 4.73. The first-order valence-corrected chi connectivity index (χ1v) is 10.6. The minimum atomic E-state index is 0.618. The molecule has 2 N–H and O–H groups in total. The van der Waals surface area contributed by atoms with Crippen LogP contribution in [0, 0.1) is 0 Å². The monoisotopic (exact) mass is 393 g/mol. The number of nitrogens with zero attached hydrogens (tertiary/aromatic N) is 3. The molecule has 0 amide bonds. The quantitative estimate of drug-likeness (QED) is 0.447. The summed E-state index contributed by atoms with van der Waals surface area (Å²) >= 11 is 1.79. The van der Waals surface area contributed by atoms with Gasteiger partial charge in [0.1, 0.15) is 0 Å². The Hall–Kier alpha value is -2.73. The third kappa shape index (κ3) is 5.89. The van der Waals surface area contributed by atoms with Crippen LogP contribution in [0.1, 0.15) is 29.3 Å². The molecule has 2 aromatic heterocycles. The van der Waals surface area contributed by atoms with Crippen LogP contribution in [0.3, 0.4) is 0 Å². The van der Waals surface area contributed by atoms with Gasteiger partial charge in [-0.15, -0.1) is 11.3 Å². The molecule has 0 saturated heterocycles. The number of thiazole rings is 1. The van der Waals surface area contributed by atoms with Gasteiger partial charge in [-0.25, -0.2) is 9.98 Å². The number of benzene rings is 1. The van der Waals surface area contributed by atoms with Crippen molar-refractivity contribution in [1.82, 2.24) is 20.6 Å². The van der Waals surface area contributed by atoms with E-state index < -0.39 is 0 Å². The van der Waals surface area contributed by atoms with Crippen LogP contribution in [0.2, 0.25) is 0 Å². The molecule has 5 nitrogen and oxygen atoms in total. The van der Waals surface area contributed by atoms with Crippen molar-refractivity contribution in [3.63, 3.8) is 0 Å². The van der Waals surface area contributed by atoms with Gasteiger partial charge in [0.05, 0.1) is 17.2 Å². The fraction of sp³-hybridized carbons (Fsp3) is 0.318. The highest BCUT2D eigenvalue weighted by Crippen LogP contribution is 2.18. The molecule has 0 atom stereocenters. The number of rotatable bonds is 8. The summed E-state index contributed by atoms with van der Waals surface area (Å²) in [5.41, 5.74) is 3.25. The zero-order valence-electron chi connectivity index (χ0n) is 16.5. The average Bonchev–Trinajstić information content (AvgIpc) is 3.21. The van der Waals surface area contributed by atoms with Crippen molar-refractivity contribution >= 4 is 17.3 Å². The highest BCUT2D eigenvalue weighted by molar-refractivity contribution is 7.11. The zero-order valence-corrected chi connectivity index (χ0v) is 17.3. The summed E-state index contributed by atoms with van der Waals surface area (Å²) in [5.74, 6) is 0.831. The van der Waals surface area contributed by atoms with Gasteiger partial charge >= 0.3 is 0 Å². The minimum absolute atomic E-state index is 0.618. The van der Waals surface area contributed by atoms with Crippen molar-refractivity contribution < 1.29 is 0 Å². The molecule has 1 aromatic carbocycles. The number of hydrogen-bond acceptors (Lipinski definition) is 4. The Morgan fingerprint density at radius 2 is 2.00 bits per heavy atom. The number of aromatic nitrogens is 2. The van der Waals surface area contributed by atoms with E-state index in [-0.39, 0.29) is 0 Å². The first-order chi connectivity index (χ1) is 13.8. The van der Waals surface area contributed by atoms with Gasteiger partial charge in [-0.3, -0.25) is 4.98 Å². The van der Waals surface area contributed by atoms with E-state index in [1.165, 1.54) is 9.88 Å². The molecule has 6 heteroatoms. The van der Waals surface area contributed by atoms with Gasteiger partial charge in [0.2, 0.25) is 0 Å². The normalized spacial score (nSPS) is 11.4. The van der Waals surface area contributed by atoms with Crippen molar-refractivity contribution in [2.45, 2.75) is 33.2 Å². The van der Waals surface area contributed by atoms with E-state index in [9.17, 15) is 0 Å². The summed E-state index contributed by atoms with van der Waals surface area (Å²) in [5, 5.41) is 7.89. The molecule has 0 spiro atoms. The van der Waals surface area contributed by atoms with Gasteiger partial charge < -0.3 is 10.6 Å². The Labute approximate surface area is 171 Å². The number of guanidine groups is 1. The Kier molecular flexibility index (Phi) is 7.55. The molecule has 0 radical (unpaired) electrons. The predicted octanol–water partition coefficient (Wildman–Crippen LogP) is 4.07. The number of pyridine rings is 1. The second-order valence-electron chi connectivity index (χ2n) is 6.36. The lowest BCUT2D eigenvalue weighted by Gasteiger charge is -2.11. The molecule has 0 aliphatic carbocycles. The van der Waals surface area contributed by atoms with Crippen LogP contribution in [0.15, 0.2) is 59.9 Å². The van der Waals surface area contributed by atoms with E-state index in [4.69, 9.17) is 4.99 Å². The van der Waals surface area contributed by atoms with Crippen molar-refractivity contribution in [2.24, 2.45) is 4.99 Å². The molecule has 0 bridgehead atoms. The topological polar surface area (TPSA) is 62.2 Å². The van der Waals surface area contributed by atoms with Gasteiger partial charge in [-0.2, -0.15) is 0 Å². The van der Waals surface area contributed by atoms with Crippen LogP contribution in [0.25, 0.3) is 11.3 Å². The fourth-order valence-corrected chi connectivity index (χ4v) is 3.65. The summed E-state index contributed by atoms with van der Waals surface area (Å²) in [4.78, 5) is 15.0. The van der Waals surface area contributed by atoms with Crippen LogP contribution in [0.4, 0.5) is 0 Å². The highest BCUT2D eigenvalue weighted by atomic mass is 32.1. The summed E-state index contributed by atoms with van der Waals surface area (Å²) in [6.45, 7) is 6.50. The van der Waals surface area contributed by atoms with Crippen LogP contribution in [0.5, 0.6) is 0 Å². The molecule has 3 aromatic rings. The lowest BCUT2D eigenvalue weighted by atomic mass is 10.1. The van der Waals surface area contributed by atoms with Crippen LogP contribution >= 0.6 is 11.3 Å².